The molecule has 0 radical (unpaired) electrons. The lowest BCUT2D eigenvalue weighted by atomic mass is 9.97. The van der Waals surface area contributed by atoms with Crippen LogP contribution in [0.4, 0.5) is 0 Å². The monoisotopic (exact) mass is 276 g/mol. The molecule has 3 N–H and O–H groups in total. The number of primary amides is 1. The van der Waals surface area contributed by atoms with Gasteiger partial charge in [-0.25, -0.2) is 9.97 Å². The van der Waals surface area contributed by atoms with Crippen LogP contribution < -0.4 is 11.1 Å². The maximum Gasteiger partial charge on any atom is 0.271 e. The summed E-state index contributed by atoms with van der Waals surface area (Å²) >= 11 is 0. The number of amides is 2. The molecule has 1 fully saturated rings. The Labute approximate surface area is 118 Å². The van der Waals surface area contributed by atoms with E-state index in [0.717, 1.165) is 12.8 Å². The average molecular weight is 276 g/mol. The third-order valence-corrected chi connectivity index (χ3v) is 4.41. The van der Waals surface area contributed by atoms with Crippen molar-refractivity contribution in [2.24, 2.45) is 17.1 Å². The van der Waals surface area contributed by atoms with Crippen LogP contribution in [0.15, 0.2) is 12.4 Å². The summed E-state index contributed by atoms with van der Waals surface area (Å²) in [5.41, 5.74) is 5.73. The van der Waals surface area contributed by atoms with E-state index in [9.17, 15) is 9.59 Å². The smallest absolute Gasteiger partial charge is 0.271 e. The van der Waals surface area contributed by atoms with Gasteiger partial charge in [0.2, 0.25) is 0 Å². The van der Waals surface area contributed by atoms with Crippen LogP contribution in [0.2, 0.25) is 0 Å². The van der Waals surface area contributed by atoms with E-state index in [0.29, 0.717) is 17.9 Å². The standard InChI is InChI=1S/C14H20N4O2/c1-3-14(4-2)5-9(14)6-18-13(20)11-8-16-10(7-17-11)12(15)19/h7-9H,3-6H2,1-2H3,(H2,15,19)(H,18,20). The summed E-state index contributed by atoms with van der Waals surface area (Å²) in [6.45, 7) is 5.05. The van der Waals surface area contributed by atoms with Crippen LogP contribution in [0, 0.1) is 11.3 Å². The molecule has 1 aromatic heterocycles. The Bertz CT molecular complexity index is 508. The zero-order valence-corrected chi connectivity index (χ0v) is 11.8. The molecule has 0 bridgehead atoms. The molecule has 0 saturated heterocycles. The van der Waals surface area contributed by atoms with Gasteiger partial charge in [0.1, 0.15) is 11.4 Å². The van der Waals surface area contributed by atoms with E-state index in [1.807, 2.05) is 0 Å². The van der Waals surface area contributed by atoms with Gasteiger partial charge in [-0.3, -0.25) is 9.59 Å². The molecule has 2 amide bonds. The van der Waals surface area contributed by atoms with Crippen molar-refractivity contribution in [3.63, 3.8) is 0 Å². The van der Waals surface area contributed by atoms with Gasteiger partial charge in [0.25, 0.3) is 11.8 Å². The molecule has 0 spiro atoms. The first-order valence-electron chi connectivity index (χ1n) is 6.92. The first-order valence-corrected chi connectivity index (χ1v) is 6.92. The zero-order valence-electron chi connectivity index (χ0n) is 11.8. The molecule has 1 heterocycles. The van der Waals surface area contributed by atoms with Gasteiger partial charge in [0.05, 0.1) is 12.4 Å². The van der Waals surface area contributed by atoms with E-state index in [4.69, 9.17) is 5.73 Å². The van der Waals surface area contributed by atoms with Crippen molar-refractivity contribution in [1.82, 2.24) is 15.3 Å². The molecule has 1 atom stereocenters. The fourth-order valence-electron chi connectivity index (χ4n) is 2.72. The van der Waals surface area contributed by atoms with Crippen molar-refractivity contribution in [2.75, 3.05) is 6.54 Å². The summed E-state index contributed by atoms with van der Waals surface area (Å²) in [7, 11) is 0. The molecule has 108 valence electrons. The number of nitrogens with two attached hydrogens (primary N) is 1. The second-order valence-corrected chi connectivity index (χ2v) is 5.33. The minimum Gasteiger partial charge on any atom is -0.364 e. The molecule has 0 aliphatic heterocycles. The fraction of sp³-hybridized carbons (Fsp3) is 0.571. The minimum absolute atomic E-state index is 0.0553. The van der Waals surface area contributed by atoms with Crippen LogP contribution >= 0.6 is 0 Å². The highest BCUT2D eigenvalue weighted by Gasteiger charge is 2.50. The highest BCUT2D eigenvalue weighted by molar-refractivity contribution is 5.93. The summed E-state index contributed by atoms with van der Waals surface area (Å²) in [5, 5.41) is 2.88. The molecule has 0 aromatic carbocycles. The highest BCUT2D eigenvalue weighted by atomic mass is 16.2. The third kappa shape index (κ3) is 2.79. The maximum absolute atomic E-state index is 11.9. The normalized spacial score (nSPS) is 19.4. The van der Waals surface area contributed by atoms with Crippen LogP contribution in [0.1, 0.15) is 54.1 Å². The highest BCUT2D eigenvalue weighted by Crippen LogP contribution is 2.57. The second-order valence-electron chi connectivity index (χ2n) is 5.33. The van der Waals surface area contributed by atoms with E-state index in [1.165, 1.54) is 18.8 Å². The van der Waals surface area contributed by atoms with Crippen LogP contribution in [-0.4, -0.2) is 28.3 Å². The number of hydrogen-bond donors (Lipinski definition) is 2. The number of rotatable bonds is 6. The Kier molecular flexibility index (Phi) is 4.01. The summed E-state index contributed by atoms with van der Waals surface area (Å²) in [6, 6.07) is 0. The lowest BCUT2D eigenvalue weighted by Gasteiger charge is -2.12. The number of carbonyl (C=O) groups is 2. The van der Waals surface area contributed by atoms with Crippen LogP contribution in [0.25, 0.3) is 0 Å². The average Bonchev–Trinajstić information content (AvgIpc) is 3.19. The molecular weight excluding hydrogens is 256 g/mol. The van der Waals surface area contributed by atoms with Crippen molar-refractivity contribution >= 4 is 11.8 Å². The van der Waals surface area contributed by atoms with Gasteiger partial charge < -0.3 is 11.1 Å². The summed E-state index contributed by atoms with van der Waals surface area (Å²) in [5.74, 6) is -0.362. The molecule has 1 aliphatic carbocycles. The van der Waals surface area contributed by atoms with E-state index in [2.05, 4.69) is 29.1 Å². The van der Waals surface area contributed by atoms with Crippen molar-refractivity contribution in [3.8, 4) is 0 Å². The summed E-state index contributed by atoms with van der Waals surface area (Å²) < 4.78 is 0. The lowest BCUT2D eigenvalue weighted by molar-refractivity contribution is 0.0940. The topological polar surface area (TPSA) is 98.0 Å². The van der Waals surface area contributed by atoms with Gasteiger partial charge in [0.15, 0.2) is 0 Å². The number of carbonyl (C=O) groups excluding carboxylic acids is 2. The van der Waals surface area contributed by atoms with Gasteiger partial charge in [-0.2, -0.15) is 0 Å². The Morgan fingerprint density at radius 1 is 1.30 bits per heavy atom. The molecule has 1 saturated carbocycles. The molecule has 6 nitrogen and oxygen atoms in total. The SMILES string of the molecule is CCC1(CC)CC1CNC(=O)c1cnc(C(N)=O)cn1. The lowest BCUT2D eigenvalue weighted by Crippen LogP contribution is -2.28. The molecule has 1 aromatic rings. The molecule has 2 rings (SSSR count). The van der Waals surface area contributed by atoms with E-state index in [1.54, 1.807) is 0 Å². The van der Waals surface area contributed by atoms with Crippen LogP contribution in [0.5, 0.6) is 0 Å². The number of hydrogen-bond acceptors (Lipinski definition) is 4. The van der Waals surface area contributed by atoms with E-state index < -0.39 is 5.91 Å². The van der Waals surface area contributed by atoms with Crippen molar-refractivity contribution in [3.05, 3.63) is 23.8 Å². The van der Waals surface area contributed by atoms with Crippen molar-refractivity contribution in [1.29, 1.82) is 0 Å². The Hall–Kier alpha value is -1.98. The Morgan fingerprint density at radius 2 is 1.90 bits per heavy atom. The largest absolute Gasteiger partial charge is 0.364 e. The predicted molar refractivity (Wildman–Crippen MR) is 74.0 cm³/mol. The van der Waals surface area contributed by atoms with Gasteiger partial charge in [-0.05, 0) is 17.8 Å². The quantitative estimate of drug-likeness (QED) is 0.813. The molecule has 1 aliphatic rings. The minimum atomic E-state index is -0.655. The second kappa shape index (κ2) is 5.56. The third-order valence-electron chi connectivity index (χ3n) is 4.41. The van der Waals surface area contributed by atoms with Crippen LogP contribution in [-0.2, 0) is 0 Å². The Morgan fingerprint density at radius 3 is 2.35 bits per heavy atom. The number of nitrogens with zero attached hydrogens (tertiary/aromatic N) is 2. The summed E-state index contributed by atoms with van der Waals surface area (Å²) in [6.07, 6.45) is 5.97. The number of nitrogens with one attached hydrogen (secondary N) is 1. The number of aromatic nitrogens is 2. The molecule has 6 heteroatoms. The van der Waals surface area contributed by atoms with Gasteiger partial charge in [-0.15, -0.1) is 0 Å². The maximum atomic E-state index is 11.9. The van der Waals surface area contributed by atoms with Gasteiger partial charge in [-0.1, -0.05) is 26.7 Å². The molecule has 20 heavy (non-hydrogen) atoms. The Balaban J connectivity index is 1.88. The van der Waals surface area contributed by atoms with Gasteiger partial charge >= 0.3 is 0 Å². The van der Waals surface area contributed by atoms with Crippen molar-refractivity contribution < 1.29 is 9.59 Å². The fourth-order valence-corrected chi connectivity index (χ4v) is 2.72. The van der Waals surface area contributed by atoms with Gasteiger partial charge in [0, 0.05) is 6.54 Å². The van der Waals surface area contributed by atoms with Crippen LogP contribution in [0.3, 0.4) is 0 Å². The van der Waals surface area contributed by atoms with E-state index in [-0.39, 0.29) is 17.3 Å². The molecule has 1 unspecified atom stereocenters. The first kappa shape index (κ1) is 14.4. The predicted octanol–water partition coefficient (Wildman–Crippen LogP) is 1.13. The first-order chi connectivity index (χ1) is 9.52. The zero-order chi connectivity index (χ0) is 14.8. The van der Waals surface area contributed by atoms with Crippen molar-refractivity contribution in [2.45, 2.75) is 33.1 Å². The van der Waals surface area contributed by atoms with E-state index >= 15 is 0 Å². The molecular formula is C14H20N4O2. The summed E-state index contributed by atoms with van der Waals surface area (Å²) in [4.78, 5) is 30.5.